The van der Waals surface area contributed by atoms with Gasteiger partial charge in [0.25, 0.3) is 0 Å². The molecular formula is C33H30N2O3. The quantitative estimate of drug-likeness (QED) is 0.240. The lowest BCUT2D eigenvalue weighted by Crippen LogP contribution is -2.51. The van der Waals surface area contributed by atoms with Gasteiger partial charge in [0, 0.05) is 28.0 Å². The van der Waals surface area contributed by atoms with E-state index in [1.807, 2.05) is 50.2 Å². The molecule has 0 amide bonds. The van der Waals surface area contributed by atoms with Gasteiger partial charge in [-0.15, -0.1) is 0 Å². The number of carbonyl (C=O) groups excluding carboxylic acids is 1. The van der Waals surface area contributed by atoms with Crippen molar-refractivity contribution in [1.29, 1.82) is 0 Å². The molecule has 0 radical (unpaired) electrons. The van der Waals surface area contributed by atoms with E-state index in [0.29, 0.717) is 17.8 Å². The van der Waals surface area contributed by atoms with E-state index in [2.05, 4.69) is 30.3 Å². The molecule has 2 aliphatic carbocycles. The van der Waals surface area contributed by atoms with Gasteiger partial charge in [0.05, 0.1) is 17.6 Å². The number of phenols is 1. The molecule has 3 aromatic carbocycles. The normalized spacial score (nSPS) is 23.6. The van der Waals surface area contributed by atoms with Gasteiger partial charge in [0.1, 0.15) is 11.6 Å². The van der Waals surface area contributed by atoms with Crippen LogP contribution in [0.1, 0.15) is 42.4 Å². The Balaban J connectivity index is 1.58. The number of aliphatic hydroxyl groups is 1. The number of hydrogen-bond donors (Lipinski definition) is 2. The molecule has 0 aliphatic heterocycles. The van der Waals surface area contributed by atoms with Crippen molar-refractivity contribution in [2.75, 3.05) is 0 Å². The topological polar surface area (TPSA) is 83.3 Å². The van der Waals surface area contributed by atoms with Gasteiger partial charge in [-0.25, -0.2) is 9.97 Å². The largest absolute Gasteiger partial charge is 0.515 e. The van der Waals surface area contributed by atoms with Crippen LogP contribution in [0.2, 0.25) is 0 Å². The summed E-state index contributed by atoms with van der Waals surface area (Å²) in [6.07, 6.45) is 3.04. The zero-order valence-corrected chi connectivity index (χ0v) is 21.6. The zero-order valence-electron chi connectivity index (χ0n) is 21.6. The minimum atomic E-state index is -0.534. The summed E-state index contributed by atoms with van der Waals surface area (Å²) in [5.41, 5.74) is 7.10. The third kappa shape index (κ3) is 3.73. The number of phenolic OH excluding ortho intramolecular Hbond substituents is 1. The van der Waals surface area contributed by atoms with Crippen molar-refractivity contribution in [3.8, 4) is 28.1 Å². The molecule has 1 saturated carbocycles. The molecule has 38 heavy (non-hydrogen) atoms. The number of benzene rings is 3. The SMILES string of the molecule is Cc1nc(-c2cccc(-c3ccc(O)cc3)c2)c2c(n1)[C@@]1(c3ccccc3)C/C(=C/O)C(=O)[C@@H](C)[C@@H]1CC2. The summed E-state index contributed by atoms with van der Waals surface area (Å²) < 4.78 is 0. The first kappa shape index (κ1) is 24.1. The first-order valence-corrected chi connectivity index (χ1v) is 13.1. The minimum Gasteiger partial charge on any atom is -0.515 e. The van der Waals surface area contributed by atoms with Crippen LogP contribution in [0.25, 0.3) is 22.4 Å². The van der Waals surface area contributed by atoms with E-state index in [4.69, 9.17) is 9.97 Å². The van der Waals surface area contributed by atoms with E-state index >= 15 is 0 Å². The van der Waals surface area contributed by atoms with Crippen LogP contribution in [0, 0.1) is 18.8 Å². The number of hydrogen-bond acceptors (Lipinski definition) is 5. The van der Waals surface area contributed by atoms with Crippen LogP contribution in [0.5, 0.6) is 5.75 Å². The standard InChI is InChI=1S/C33H30N2O3/c1-20-29-16-15-28-30(24-8-6-7-23(17-24)22-11-13-27(37)14-12-22)34-21(2)35-32(28)33(29,18-25(19-36)31(20)38)26-9-4-3-5-10-26/h3-14,17,19-20,29,36-37H,15-16,18H2,1-2H3/b25-19-/t20-,29-,33+/m0/s1. The first-order chi connectivity index (χ1) is 18.4. The van der Waals surface area contributed by atoms with E-state index < -0.39 is 5.41 Å². The Morgan fingerprint density at radius 2 is 1.66 bits per heavy atom. The second-order valence-corrected chi connectivity index (χ2v) is 10.5. The van der Waals surface area contributed by atoms with Crippen LogP contribution >= 0.6 is 0 Å². The summed E-state index contributed by atoms with van der Waals surface area (Å²) in [4.78, 5) is 23.2. The van der Waals surface area contributed by atoms with Gasteiger partial charge in [-0.3, -0.25) is 4.79 Å². The Morgan fingerprint density at radius 3 is 2.39 bits per heavy atom. The molecule has 2 aliphatic rings. The van der Waals surface area contributed by atoms with Crippen molar-refractivity contribution in [1.82, 2.24) is 9.97 Å². The zero-order chi connectivity index (χ0) is 26.4. The summed E-state index contributed by atoms with van der Waals surface area (Å²) in [7, 11) is 0. The van der Waals surface area contributed by atoms with E-state index in [1.54, 1.807) is 12.1 Å². The molecule has 190 valence electrons. The van der Waals surface area contributed by atoms with Crippen molar-refractivity contribution in [2.24, 2.45) is 11.8 Å². The Kier molecular flexibility index (Phi) is 5.87. The molecule has 5 nitrogen and oxygen atoms in total. The molecule has 0 bridgehead atoms. The molecule has 0 unspecified atom stereocenters. The van der Waals surface area contributed by atoms with Crippen LogP contribution in [0.15, 0.2) is 90.7 Å². The minimum absolute atomic E-state index is 0.0279. The number of rotatable bonds is 3. The first-order valence-electron chi connectivity index (χ1n) is 13.1. The van der Waals surface area contributed by atoms with E-state index in [0.717, 1.165) is 58.3 Å². The molecular weight excluding hydrogens is 472 g/mol. The van der Waals surface area contributed by atoms with Crippen LogP contribution in [0.3, 0.4) is 0 Å². The summed E-state index contributed by atoms with van der Waals surface area (Å²) in [6.45, 7) is 3.92. The number of ketones is 1. The third-order valence-electron chi connectivity index (χ3n) is 8.46. The molecule has 3 atom stereocenters. The lowest BCUT2D eigenvalue weighted by Gasteiger charge is -2.51. The van der Waals surface area contributed by atoms with E-state index in [1.165, 1.54) is 0 Å². The summed E-state index contributed by atoms with van der Waals surface area (Å²) in [5, 5.41) is 19.8. The van der Waals surface area contributed by atoms with Crippen molar-refractivity contribution < 1.29 is 15.0 Å². The average Bonchev–Trinajstić information content (AvgIpc) is 2.95. The number of fused-ring (bicyclic) bond motifs is 3. The molecule has 2 N–H and O–H groups in total. The van der Waals surface area contributed by atoms with Gasteiger partial charge >= 0.3 is 0 Å². The smallest absolute Gasteiger partial charge is 0.165 e. The highest BCUT2D eigenvalue weighted by Gasteiger charge is 2.55. The van der Waals surface area contributed by atoms with Crippen molar-refractivity contribution in [3.05, 3.63) is 113 Å². The summed E-state index contributed by atoms with van der Waals surface area (Å²) >= 11 is 0. The highest BCUT2D eigenvalue weighted by Crippen LogP contribution is 2.56. The Labute approximate surface area is 222 Å². The fourth-order valence-corrected chi connectivity index (χ4v) is 6.71. The fourth-order valence-electron chi connectivity index (χ4n) is 6.71. The molecule has 6 rings (SSSR count). The lowest BCUT2D eigenvalue weighted by molar-refractivity contribution is -0.123. The molecule has 5 heteroatoms. The predicted molar refractivity (Wildman–Crippen MR) is 148 cm³/mol. The second kappa shape index (κ2) is 9.25. The van der Waals surface area contributed by atoms with Gasteiger partial charge in [-0.2, -0.15) is 0 Å². The van der Waals surface area contributed by atoms with Crippen molar-refractivity contribution >= 4 is 5.78 Å². The van der Waals surface area contributed by atoms with Crippen molar-refractivity contribution in [2.45, 2.75) is 38.5 Å². The number of aliphatic hydroxyl groups excluding tert-OH is 1. The summed E-state index contributed by atoms with van der Waals surface area (Å²) in [5.74, 6) is 0.790. The Bertz CT molecular complexity index is 1560. The molecule has 0 saturated heterocycles. The van der Waals surface area contributed by atoms with Gasteiger partial charge in [0.15, 0.2) is 5.78 Å². The molecule has 1 heterocycles. The van der Waals surface area contributed by atoms with Gasteiger partial charge in [-0.1, -0.05) is 67.6 Å². The van der Waals surface area contributed by atoms with Gasteiger partial charge < -0.3 is 10.2 Å². The number of Topliss-reactive ketones (excluding diaryl/α,β-unsaturated/α-hetero) is 1. The summed E-state index contributed by atoms with van der Waals surface area (Å²) in [6, 6.07) is 25.9. The number of aryl methyl sites for hydroxylation is 1. The molecule has 4 aromatic rings. The predicted octanol–water partition coefficient (Wildman–Crippen LogP) is 6.72. The maximum absolute atomic E-state index is 13.2. The number of carbonyl (C=O) groups is 1. The van der Waals surface area contributed by atoms with Crippen LogP contribution in [-0.2, 0) is 16.6 Å². The Hall–Kier alpha value is -4.25. The average molecular weight is 503 g/mol. The highest BCUT2D eigenvalue weighted by atomic mass is 16.3. The number of aromatic nitrogens is 2. The van der Waals surface area contributed by atoms with Crippen molar-refractivity contribution in [3.63, 3.8) is 0 Å². The van der Waals surface area contributed by atoms with E-state index in [9.17, 15) is 15.0 Å². The lowest BCUT2D eigenvalue weighted by atomic mass is 9.52. The van der Waals surface area contributed by atoms with E-state index in [-0.39, 0.29) is 23.4 Å². The maximum atomic E-state index is 13.2. The van der Waals surface area contributed by atoms with Gasteiger partial charge in [0.2, 0.25) is 0 Å². The maximum Gasteiger partial charge on any atom is 0.165 e. The second-order valence-electron chi connectivity index (χ2n) is 10.5. The van der Waals surface area contributed by atoms with Crippen LogP contribution < -0.4 is 0 Å². The molecule has 1 aromatic heterocycles. The van der Waals surface area contributed by atoms with Crippen LogP contribution in [-0.4, -0.2) is 26.0 Å². The molecule has 0 spiro atoms. The Morgan fingerprint density at radius 1 is 0.921 bits per heavy atom. The number of aromatic hydroxyl groups is 1. The fraction of sp³-hybridized carbons (Fsp3) is 0.242. The number of nitrogens with zero attached hydrogens (tertiary/aromatic N) is 2. The number of allylic oxidation sites excluding steroid dienone is 1. The van der Waals surface area contributed by atoms with Crippen LogP contribution in [0.4, 0.5) is 0 Å². The third-order valence-corrected chi connectivity index (χ3v) is 8.46. The highest BCUT2D eigenvalue weighted by molar-refractivity contribution is 5.98. The monoisotopic (exact) mass is 502 g/mol. The van der Waals surface area contributed by atoms with Gasteiger partial charge in [-0.05, 0) is 67.0 Å². The molecule has 1 fully saturated rings.